The highest BCUT2D eigenvalue weighted by molar-refractivity contribution is 6.36. The van der Waals surface area contributed by atoms with Crippen LogP contribution in [-0.4, -0.2) is 30.9 Å². The Morgan fingerprint density at radius 1 is 1.12 bits per heavy atom. The molecule has 5 heteroatoms. The SMILES string of the molecule is CCOCC(=O)C(=O)OC(=O)c1ccccc1. The van der Waals surface area contributed by atoms with Gasteiger partial charge in [0.25, 0.3) is 5.78 Å². The van der Waals surface area contributed by atoms with Crippen LogP contribution in [0.4, 0.5) is 0 Å². The number of ether oxygens (including phenoxy) is 2. The van der Waals surface area contributed by atoms with Crippen molar-refractivity contribution in [3.05, 3.63) is 35.9 Å². The summed E-state index contributed by atoms with van der Waals surface area (Å²) in [6.45, 7) is 1.62. The number of carbonyl (C=O) groups is 3. The van der Waals surface area contributed by atoms with Gasteiger partial charge in [-0.15, -0.1) is 0 Å². The van der Waals surface area contributed by atoms with Gasteiger partial charge in [-0.3, -0.25) is 4.79 Å². The quantitative estimate of drug-likeness (QED) is 0.433. The van der Waals surface area contributed by atoms with Crippen molar-refractivity contribution in [3.8, 4) is 0 Å². The van der Waals surface area contributed by atoms with Crippen LogP contribution in [-0.2, 0) is 19.1 Å². The maximum absolute atomic E-state index is 11.4. The van der Waals surface area contributed by atoms with Crippen LogP contribution in [0.3, 0.4) is 0 Å². The van der Waals surface area contributed by atoms with Gasteiger partial charge in [0.15, 0.2) is 0 Å². The average molecular weight is 236 g/mol. The predicted octanol–water partition coefficient (Wildman–Crippen LogP) is 0.976. The maximum Gasteiger partial charge on any atom is 0.385 e. The van der Waals surface area contributed by atoms with E-state index in [1.165, 1.54) is 12.1 Å². The Hall–Kier alpha value is -2.01. The van der Waals surface area contributed by atoms with Gasteiger partial charge in [0.1, 0.15) is 6.61 Å². The summed E-state index contributed by atoms with van der Waals surface area (Å²) in [5, 5.41) is 0. The normalized spacial score (nSPS) is 9.71. The number of hydrogen-bond donors (Lipinski definition) is 0. The molecule has 1 aromatic carbocycles. The minimum absolute atomic E-state index is 0.213. The summed E-state index contributed by atoms with van der Waals surface area (Å²) >= 11 is 0. The molecule has 0 amide bonds. The lowest BCUT2D eigenvalue weighted by Crippen LogP contribution is -2.25. The zero-order chi connectivity index (χ0) is 12.7. The molecule has 0 aliphatic rings. The van der Waals surface area contributed by atoms with Crippen molar-refractivity contribution in [1.82, 2.24) is 0 Å². The van der Waals surface area contributed by atoms with Crippen molar-refractivity contribution in [2.24, 2.45) is 0 Å². The van der Waals surface area contributed by atoms with Gasteiger partial charge < -0.3 is 9.47 Å². The fourth-order valence-corrected chi connectivity index (χ4v) is 1.03. The Morgan fingerprint density at radius 2 is 1.76 bits per heavy atom. The highest BCUT2D eigenvalue weighted by Crippen LogP contribution is 2.01. The first kappa shape index (κ1) is 13.1. The molecule has 0 spiro atoms. The summed E-state index contributed by atoms with van der Waals surface area (Å²) in [5.74, 6) is -2.93. The van der Waals surface area contributed by atoms with Gasteiger partial charge in [-0.25, -0.2) is 9.59 Å². The first-order valence-corrected chi connectivity index (χ1v) is 5.07. The Balaban J connectivity index is 2.52. The third-order valence-corrected chi connectivity index (χ3v) is 1.86. The lowest BCUT2D eigenvalue weighted by molar-refractivity contribution is -0.151. The Labute approximate surface area is 98.3 Å². The van der Waals surface area contributed by atoms with E-state index in [1.807, 2.05) is 0 Å². The van der Waals surface area contributed by atoms with Crippen molar-refractivity contribution in [2.45, 2.75) is 6.92 Å². The number of carbonyl (C=O) groups excluding carboxylic acids is 3. The number of rotatable bonds is 5. The molecule has 0 N–H and O–H groups in total. The van der Waals surface area contributed by atoms with Crippen LogP contribution >= 0.6 is 0 Å². The molecule has 0 unspecified atom stereocenters. The van der Waals surface area contributed by atoms with E-state index in [1.54, 1.807) is 25.1 Å². The summed E-state index contributed by atoms with van der Waals surface area (Å²) < 4.78 is 9.13. The summed E-state index contributed by atoms with van der Waals surface area (Å²) in [5.41, 5.74) is 0.213. The van der Waals surface area contributed by atoms with Crippen LogP contribution in [0.1, 0.15) is 17.3 Å². The third kappa shape index (κ3) is 4.16. The van der Waals surface area contributed by atoms with Crippen molar-refractivity contribution in [2.75, 3.05) is 13.2 Å². The topological polar surface area (TPSA) is 69.7 Å². The summed E-state index contributed by atoms with van der Waals surface area (Å²) in [7, 11) is 0. The molecule has 0 aliphatic heterocycles. The van der Waals surface area contributed by atoms with Crippen molar-refractivity contribution in [3.63, 3.8) is 0 Å². The van der Waals surface area contributed by atoms with Crippen LogP contribution in [0.5, 0.6) is 0 Å². The molecule has 0 saturated heterocycles. The van der Waals surface area contributed by atoms with Crippen LogP contribution < -0.4 is 0 Å². The monoisotopic (exact) mass is 236 g/mol. The molecule has 0 aliphatic carbocycles. The van der Waals surface area contributed by atoms with Gasteiger partial charge in [0.05, 0.1) is 5.56 Å². The zero-order valence-electron chi connectivity index (χ0n) is 9.34. The predicted molar refractivity (Wildman–Crippen MR) is 58.4 cm³/mol. The van der Waals surface area contributed by atoms with Crippen LogP contribution in [0, 0.1) is 0 Å². The lowest BCUT2D eigenvalue weighted by Gasteiger charge is -2.02. The summed E-state index contributed by atoms with van der Waals surface area (Å²) in [4.78, 5) is 33.7. The number of benzene rings is 1. The molecule has 0 bridgehead atoms. The molecule has 0 saturated carbocycles. The smallest absolute Gasteiger partial charge is 0.383 e. The van der Waals surface area contributed by atoms with Crippen molar-refractivity contribution in [1.29, 1.82) is 0 Å². The van der Waals surface area contributed by atoms with Crippen molar-refractivity contribution >= 4 is 17.7 Å². The van der Waals surface area contributed by atoms with Gasteiger partial charge in [0, 0.05) is 6.61 Å². The minimum atomic E-state index is -1.20. The second kappa shape index (κ2) is 6.55. The molecule has 0 aromatic heterocycles. The molecule has 0 fully saturated rings. The molecule has 0 heterocycles. The summed E-state index contributed by atoms with van der Waals surface area (Å²) in [6.07, 6.45) is 0. The zero-order valence-corrected chi connectivity index (χ0v) is 9.34. The van der Waals surface area contributed by atoms with E-state index in [0.717, 1.165) is 0 Å². The standard InChI is InChI=1S/C12H12O5/c1-2-16-8-10(13)12(15)17-11(14)9-6-4-3-5-7-9/h3-7H,2,8H2,1H3. The van der Waals surface area contributed by atoms with Gasteiger partial charge >= 0.3 is 11.9 Å². The van der Waals surface area contributed by atoms with Crippen LogP contribution in [0.15, 0.2) is 30.3 Å². The Kier molecular flexibility index (Phi) is 5.03. The van der Waals surface area contributed by atoms with Gasteiger partial charge in [-0.1, -0.05) is 18.2 Å². The fourth-order valence-electron chi connectivity index (χ4n) is 1.03. The minimum Gasteiger partial charge on any atom is -0.383 e. The average Bonchev–Trinajstić information content (AvgIpc) is 2.36. The number of Topliss-reactive ketones (excluding diaryl/α,β-unsaturated/α-hetero) is 1. The van der Waals surface area contributed by atoms with E-state index in [0.29, 0.717) is 6.61 Å². The fraction of sp³-hybridized carbons (Fsp3) is 0.250. The Morgan fingerprint density at radius 3 is 2.35 bits per heavy atom. The van der Waals surface area contributed by atoms with E-state index in [4.69, 9.17) is 4.74 Å². The molecule has 0 radical (unpaired) electrons. The van der Waals surface area contributed by atoms with Crippen LogP contribution in [0.2, 0.25) is 0 Å². The lowest BCUT2D eigenvalue weighted by atomic mass is 10.2. The first-order chi connectivity index (χ1) is 8.15. The van der Waals surface area contributed by atoms with Crippen molar-refractivity contribution < 1.29 is 23.9 Å². The maximum atomic E-state index is 11.4. The molecule has 0 atom stereocenters. The highest BCUT2D eigenvalue weighted by atomic mass is 16.6. The number of hydrogen-bond acceptors (Lipinski definition) is 5. The van der Waals surface area contributed by atoms with E-state index >= 15 is 0 Å². The molecular formula is C12H12O5. The molecule has 90 valence electrons. The van der Waals surface area contributed by atoms with Gasteiger partial charge in [-0.05, 0) is 19.1 Å². The van der Waals surface area contributed by atoms with E-state index in [9.17, 15) is 14.4 Å². The molecule has 17 heavy (non-hydrogen) atoms. The number of esters is 2. The number of ketones is 1. The highest BCUT2D eigenvalue weighted by Gasteiger charge is 2.20. The molecular weight excluding hydrogens is 224 g/mol. The molecule has 5 nitrogen and oxygen atoms in total. The van der Waals surface area contributed by atoms with Gasteiger partial charge in [-0.2, -0.15) is 0 Å². The largest absolute Gasteiger partial charge is 0.385 e. The first-order valence-electron chi connectivity index (χ1n) is 5.07. The Bertz CT molecular complexity index is 410. The second-order valence-electron chi connectivity index (χ2n) is 3.10. The van der Waals surface area contributed by atoms with Crippen LogP contribution in [0.25, 0.3) is 0 Å². The second-order valence-corrected chi connectivity index (χ2v) is 3.10. The van der Waals surface area contributed by atoms with E-state index in [2.05, 4.69) is 4.74 Å². The summed E-state index contributed by atoms with van der Waals surface area (Å²) in [6, 6.07) is 7.95. The third-order valence-electron chi connectivity index (χ3n) is 1.86. The molecule has 1 rings (SSSR count). The van der Waals surface area contributed by atoms with E-state index in [-0.39, 0.29) is 12.2 Å². The molecule has 1 aromatic rings. The van der Waals surface area contributed by atoms with Gasteiger partial charge in [0.2, 0.25) is 0 Å². The van der Waals surface area contributed by atoms with E-state index < -0.39 is 17.7 Å².